The number of rotatable bonds is 8. The molecule has 7 nitrogen and oxygen atoms in total. The molecule has 0 aliphatic rings. The zero-order valence-corrected chi connectivity index (χ0v) is 19.9. The van der Waals surface area contributed by atoms with E-state index in [0.29, 0.717) is 9.33 Å². The maximum absolute atomic E-state index is 13.5. The summed E-state index contributed by atoms with van der Waals surface area (Å²) in [6.07, 6.45) is 2.80. The van der Waals surface area contributed by atoms with Crippen molar-refractivity contribution in [2.24, 2.45) is 0 Å². The molecule has 0 fully saturated rings. The smallest absolute Gasteiger partial charge is 0.268 e. The van der Waals surface area contributed by atoms with Crippen molar-refractivity contribution in [1.29, 1.82) is 0 Å². The highest BCUT2D eigenvalue weighted by Crippen LogP contribution is 2.30. The summed E-state index contributed by atoms with van der Waals surface area (Å²) in [7, 11) is -4.37. The largest absolute Gasteiger partial charge is 0.288 e. The quantitative estimate of drug-likeness (QED) is 0.264. The average Bonchev–Trinajstić information content (AvgIpc) is 2.79. The van der Waals surface area contributed by atoms with Gasteiger partial charge in [0.2, 0.25) is 0 Å². The van der Waals surface area contributed by atoms with E-state index in [1.807, 2.05) is 0 Å². The number of unbranched alkanes of at least 4 members (excludes halogenated alkanes) is 1. The third-order valence-electron chi connectivity index (χ3n) is 4.92. The third kappa shape index (κ3) is 5.52. The number of hydrogen-bond acceptors (Lipinski definition) is 5. The van der Waals surface area contributed by atoms with Gasteiger partial charge >= 0.3 is 0 Å². The number of carbonyl (C=O) groups excluding carboxylic acids is 1. The van der Waals surface area contributed by atoms with Crippen molar-refractivity contribution in [2.45, 2.75) is 31.1 Å². The summed E-state index contributed by atoms with van der Waals surface area (Å²) in [4.78, 5) is 23.8. The van der Waals surface area contributed by atoms with Crippen LogP contribution in [-0.4, -0.2) is 19.2 Å². The lowest BCUT2D eigenvalue weighted by Gasteiger charge is -2.23. The summed E-state index contributed by atoms with van der Waals surface area (Å²) in [5.41, 5.74) is 0.409. The molecule has 3 aromatic carbocycles. The Bertz CT molecular complexity index is 1280. The highest BCUT2D eigenvalue weighted by molar-refractivity contribution is 7.93. The molecule has 0 bridgehead atoms. The fourth-order valence-corrected chi connectivity index (χ4v) is 4.89. The summed E-state index contributed by atoms with van der Waals surface area (Å²) in [6.45, 7) is 2.07. The Morgan fingerprint density at radius 1 is 1.00 bits per heavy atom. The van der Waals surface area contributed by atoms with Gasteiger partial charge in [-0.2, -0.15) is 4.31 Å². The summed E-state index contributed by atoms with van der Waals surface area (Å²) in [5.74, 6) is -0.953. The monoisotopic (exact) mass is 506 g/mol. The van der Waals surface area contributed by atoms with Gasteiger partial charge in [0.1, 0.15) is 5.02 Å². The first kappa shape index (κ1) is 24.7. The summed E-state index contributed by atoms with van der Waals surface area (Å²) < 4.78 is 27.6. The zero-order valence-electron chi connectivity index (χ0n) is 17.6. The minimum atomic E-state index is -4.37. The maximum atomic E-state index is 13.5. The first-order valence-electron chi connectivity index (χ1n) is 10.0. The Labute approximate surface area is 201 Å². The molecule has 33 heavy (non-hydrogen) atoms. The van der Waals surface area contributed by atoms with Gasteiger partial charge in [0.25, 0.3) is 21.6 Å². The van der Waals surface area contributed by atoms with Crippen molar-refractivity contribution in [1.82, 2.24) is 0 Å². The van der Waals surface area contributed by atoms with Crippen LogP contribution < -0.4 is 4.31 Å². The Morgan fingerprint density at radius 3 is 2.21 bits per heavy atom. The molecule has 1 amide bonds. The van der Waals surface area contributed by atoms with Crippen molar-refractivity contribution in [2.75, 3.05) is 4.31 Å². The predicted molar refractivity (Wildman–Crippen MR) is 129 cm³/mol. The highest BCUT2D eigenvalue weighted by Gasteiger charge is 2.33. The van der Waals surface area contributed by atoms with Crippen LogP contribution in [0.3, 0.4) is 0 Å². The molecular formula is C23H20Cl2N2O5S. The topological polar surface area (TPSA) is 97.6 Å². The molecular weight excluding hydrogens is 487 g/mol. The van der Waals surface area contributed by atoms with Crippen molar-refractivity contribution in [3.05, 3.63) is 98.0 Å². The number of amides is 1. The number of nitro benzene ring substituents is 1. The van der Waals surface area contributed by atoms with Crippen LogP contribution in [0, 0.1) is 10.1 Å². The third-order valence-corrected chi connectivity index (χ3v) is 7.21. The predicted octanol–water partition coefficient (Wildman–Crippen LogP) is 6.28. The van der Waals surface area contributed by atoms with Crippen molar-refractivity contribution < 1.29 is 18.1 Å². The van der Waals surface area contributed by atoms with Gasteiger partial charge in [0, 0.05) is 16.7 Å². The lowest BCUT2D eigenvalue weighted by atomic mass is 10.1. The van der Waals surface area contributed by atoms with Gasteiger partial charge in [-0.1, -0.05) is 48.7 Å². The second-order valence-corrected chi connectivity index (χ2v) is 9.85. The van der Waals surface area contributed by atoms with Gasteiger partial charge in [-0.15, -0.1) is 0 Å². The molecule has 0 aromatic heterocycles. The molecule has 0 aliphatic carbocycles. The van der Waals surface area contributed by atoms with Gasteiger partial charge in [0.15, 0.2) is 0 Å². The van der Waals surface area contributed by atoms with Gasteiger partial charge in [-0.25, -0.2) is 8.42 Å². The summed E-state index contributed by atoms with van der Waals surface area (Å²) in [6, 6.07) is 15.4. The van der Waals surface area contributed by atoms with Crippen LogP contribution in [-0.2, 0) is 16.4 Å². The summed E-state index contributed by atoms with van der Waals surface area (Å²) >= 11 is 11.7. The molecule has 0 aliphatic heterocycles. The van der Waals surface area contributed by atoms with E-state index in [2.05, 4.69) is 6.92 Å². The fourth-order valence-electron chi connectivity index (χ4n) is 3.16. The van der Waals surface area contributed by atoms with E-state index in [9.17, 15) is 23.3 Å². The van der Waals surface area contributed by atoms with Crippen LogP contribution in [0.1, 0.15) is 35.7 Å². The fraction of sp³-hybridized carbons (Fsp3) is 0.174. The van der Waals surface area contributed by atoms with Gasteiger partial charge < -0.3 is 0 Å². The molecule has 10 heteroatoms. The number of aryl methyl sites for hydroxylation is 1. The Morgan fingerprint density at radius 2 is 1.64 bits per heavy atom. The number of nitro groups is 1. The first-order chi connectivity index (χ1) is 15.6. The molecule has 3 aromatic rings. The molecule has 0 atom stereocenters. The molecule has 0 saturated heterocycles. The second kappa shape index (κ2) is 10.3. The van der Waals surface area contributed by atoms with Crippen molar-refractivity contribution >= 4 is 50.5 Å². The standard InChI is InChI=1S/C23H20Cl2N2O5S/c1-2-3-4-16-5-10-19(11-6-16)26(33(31,32)20-12-8-18(24)9-13-20)23(28)17-7-14-21(25)22(15-17)27(29)30/h5-15H,2-4H2,1H3. The number of anilines is 1. The van der Waals surface area contributed by atoms with E-state index in [-0.39, 0.29) is 21.2 Å². The van der Waals surface area contributed by atoms with Gasteiger partial charge in [-0.05, 0) is 66.9 Å². The molecule has 3 rings (SSSR count). The van der Waals surface area contributed by atoms with E-state index in [1.165, 1.54) is 36.4 Å². The SMILES string of the molecule is CCCCc1ccc(N(C(=O)c2ccc(Cl)c([N+](=O)[O-])c2)S(=O)(=O)c2ccc(Cl)cc2)cc1. The van der Waals surface area contributed by atoms with Crippen LogP contribution in [0.4, 0.5) is 11.4 Å². The Balaban J connectivity index is 2.13. The van der Waals surface area contributed by atoms with E-state index in [1.54, 1.807) is 24.3 Å². The number of nitrogens with zero attached hydrogens (tertiary/aromatic N) is 2. The van der Waals surface area contributed by atoms with E-state index >= 15 is 0 Å². The lowest BCUT2D eigenvalue weighted by molar-refractivity contribution is -0.384. The number of carbonyl (C=O) groups is 1. The van der Waals surface area contributed by atoms with E-state index < -0.39 is 26.5 Å². The lowest BCUT2D eigenvalue weighted by Crippen LogP contribution is -2.37. The van der Waals surface area contributed by atoms with Gasteiger partial charge in [-0.3, -0.25) is 14.9 Å². The van der Waals surface area contributed by atoms with E-state index in [4.69, 9.17) is 23.2 Å². The van der Waals surface area contributed by atoms with Crippen LogP contribution >= 0.6 is 23.2 Å². The van der Waals surface area contributed by atoms with E-state index in [0.717, 1.165) is 30.9 Å². The second-order valence-electron chi connectivity index (χ2n) is 7.22. The van der Waals surface area contributed by atoms with Crippen LogP contribution in [0.15, 0.2) is 71.6 Å². The first-order valence-corrected chi connectivity index (χ1v) is 12.2. The number of benzene rings is 3. The molecule has 0 heterocycles. The minimum Gasteiger partial charge on any atom is -0.268 e. The summed E-state index contributed by atoms with van der Waals surface area (Å²) in [5, 5.41) is 11.4. The van der Waals surface area contributed by atoms with Crippen LogP contribution in [0.2, 0.25) is 10.0 Å². The van der Waals surface area contributed by atoms with Crippen LogP contribution in [0.5, 0.6) is 0 Å². The molecule has 0 N–H and O–H groups in total. The maximum Gasteiger partial charge on any atom is 0.288 e. The van der Waals surface area contributed by atoms with Gasteiger partial charge in [0.05, 0.1) is 15.5 Å². The average molecular weight is 507 g/mol. The minimum absolute atomic E-state index is 0.104. The number of sulfonamides is 1. The molecule has 0 radical (unpaired) electrons. The molecule has 0 unspecified atom stereocenters. The number of hydrogen-bond donors (Lipinski definition) is 0. The Kier molecular flexibility index (Phi) is 7.73. The highest BCUT2D eigenvalue weighted by atomic mass is 35.5. The van der Waals surface area contributed by atoms with Crippen molar-refractivity contribution in [3.8, 4) is 0 Å². The van der Waals surface area contributed by atoms with Crippen LogP contribution in [0.25, 0.3) is 0 Å². The number of halogens is 2. The molecule has 172 valence electrons. The molecule has 0 spiro atoms. The molecule has 0 saturated carbocycles. The Hall–Kier alpha value is -2.94. The van der Waals surface area contributed by atoms with Crippen molar-refractivity contribution in [3.63, 3.8) is 0 Å². The normalized spacial score (nSPS) is 11.2. The zero-order chi connectivity index (χ0) is 24.2.